The van der Waals surface area contributed by atoms with Gasteiger partial charge in [-0.3, -0.25) is 4.79 Å². The maximum atomic E-state index is 13.8. The van der Waals surface area contributed by atoms with Crippen LogP contribution in [0.15, 0.2) is 0 Å². The summed E-state index contributed by atoms with van der Waals surface area (Å²) < 4.78 is 14.6. The molecule has 0 fully saturated rings. The Morgan fingerprint density at radius 1 is 0.913 bits per heavy atom. The van der Waals surface area contributed by atoms with E-state index in [2.05, 4.69) is 39.9 Å². The van der Waals surface area contributed by atoms with Gasteiger partial charge in [0, 0.05) is 19.4 Å². The van der Waals surface area contributed by atoms with Crippen molar-refractivity contribution in [3.63, 3.8) is 0 Å². The van der Waals surface area contributed by atoms with E-state index in [1.54, 1.807) is 0 Å². The Labute approximate surface area is 159 Å². The van der Waals surface area contributed by atoms with Crippen molar-refractivity contribution in [2.75, 3.05) is 53.9 Å². The van der Waals surface area contributed by atoms with Crippen LogP contribution < -0.4 is 24.0 Å². The first-order chi connectivity index (χ1) is 10.3. The molecule has 1 amide bonds. The molecule has 6 heteroatoms. The Morgan fingerprint density at radius 3 is 1.87 bits per heavy atom. The molecule has 0 bridgehead atoms. The van der Waals surface area contributed by atoms with E-state index >= 15 is 0 Å². The molecular formula is C17H37FIN3O. The van der Waals surface area contributed by atoms with Crippen molar-refractivity contribution >= 4 is 5.91 Å². The molecule has 0 unspecified atom stereocenters. The third-order valence-electron chi connectivity index (χ3n) is 3.75. The molecule has 0 aromatic carbocycles. The maximum Gasteiger partial charge on any atom is 0.251 e. The number of rotatable bonds is 13. The molecule has 0 aliphatic carbocycles. The van der Waals surface area contributed by atoms with Crippen LogP contribution in [0.5, 0.6) is 0 Å². The lowest BCUT2D eigenvalue weighted by molar-refractivity contribution is -0.870. The molecule has 0 rings (SSSR count). The summed E-state index contributed by atoms with van der Waals surface area (Å²) >= 11 is 0. The number of unbranched alkanes of at least 4 members (excludes halogenated alkanes) is 2. The largest absolute Gasteiger partial charge is 1.00 e. The lowest BCUT2D eigenvalue weighted by atomic mass is 10.2. The third kappa shape index (κ3) is 15.3. The summed E-state index contributed by atoms with van der Waals surface area (Å²) in [6, 6.07) is 0. The fraction of sp³-hybridized carbons (Fsp3) is 0.941. The van der Waals surface area contributed by atoms with Gasteiger partial charge in [-0.25, -0.2) is 0 Å². The predicted octanol–water partition coefficient (Wildman–Crippen LogP) is 0.0921. The Bertz CT molecular complexity index is 290. The quantitative estimate of drug-likeness (QED) is 0.228. The molecule has 0 aliphatic heterocycles. The van der Waals surface area contributed by atoms with Crippen LogP contribution in [0.1, 0.15) is 52.4 Å². The molecule has 0 radical (unpaired) electrons. The second-order valence-electron chi connectivity index (χ2n) is 7.15. The summed E-state index contributed by atoms with van der Waals surface area (Å²) in [6.07, 6.45) is 5.56. The molecule has 140 valence electrons. The average Bonchev–Trinajstić information content (AvgIpc) is 2.44. The molecular weight excluding hydrogens is 408 g/mol. The minimum atomic E-state index is -0.376. The van der Waals surface area contributed by atoms with E-state index in [1.807, 2.05) is 0 Å². The third-order valence-corrected chi connectivity index (χ3v) is 3.75. The molecule has 0 aliphatic rings. The molecule has 0 saturated heterocycles. The number of hydrogen-bond donors (Lipinski definition) is 0. The molecule has 0 spiro atoms. The van der Waals surface area contributed by atoms with Crippen LogP contribution in [0.3, 0.4) is 0 Å². The van der Waals surface area contributed by atoms with Gasteiger partial charge in [-0.05, 0) is 25.9 Å². The number of nitrogens with zero attached hydrogens (tertiary/aromatic N) is 3. The predicted molar refractivity (Wildman–Crippen MR) is 91.2 cm³/mol. The van der Waals surface area contributed by atoms with Crippen molar-refractivity contribution in [2.24, 2.45) is 0 Å². The molecule has 0 saturated carbocycles. The lowest BCUT2D eigenvalue weighted by Gasteiger charge is -2.25. The van der Waals surface area contributed by atoms with Crippen LogP contribution in [0.4, 0.5) is 4.48 Å². The van der Waals surface area contributed by atoms with Crippen LogP contribution >= 0.6 is 0 Å². The topological polar surface area (TPSA) is 23.6 Å². The number of carbonyl (C=O) groups excluding carboxylic acids is 1. The Balaban J connectivity index is 0. The van der Waals surface area contributed by atoms with Crippen LogP contribution in [-0.2, 0) is 4.79 Å². The van der Waals surface area contributed by atoms with Gasteiger partial charge in [-0.15, -0.1) is 0 Å². The molecule has 4 nitrogen and oxygen atoms in total. The summed E-state index contributed by atoms with van der Waals surface area (Å²) in [7, 11) is 6.22. The highest BCUT2D eigenvalue weighted by Gasteiger charge is 2.16. The molecule has 0 aromatic heterocycles. The second kappa shape index (κ2) is 14.4. The molecule has 23 heavy (non-hydrogen) atoms. The summed E-state index contributed by atoms with van der Waals surface area (Å²) in [6.45, 7) is 8.11. The van der Waals surface area contributed by atoms with Crippen molar-refractivity contribution in [1.29, 1.82) is 0 Å². The zero-order valence-corrected chi connectivity index (χ0v) is 17.9. The van der Waals surface area contributed by atoms with Crippen molar-refractivity contribution in [2.45, 2.75) is 52.4 Å². The fourth-order valence-corrected chi connectivity index (χ4v) is 2.28. The van der Waals surface area contributed by atoms with Gasteiger partial charge in [0.05, 0.1) is 34.2 Å². The van der Waals surface area contributed by atoms with E-state index in [0.29, 0.717) is 18.1 Å². The number of halogens is 2. The monoisotopic (exact) mass is 445 g/mol. The SMILES string of the molecule is CCCCN(CCCC)CCC(=O)N(F)CCC[N+](C)(C)C.[I-]. The van der Waals surface area contributed by atoms with Gasteiger partial charge >= 0.3 is 0 Å². The van der Waals surface area contributed by atoms with E-state index in [4.69, 9.17) is 0 Å². The van der Waals surface area contributed by atoms with Crippen LogP contribution in [0.2, 0.25) is 0 Å². The Hall–Kier alpha value is 0.0500. The van der Waals surface area contributed by atoms with Crippen molar-refractivity contribution in [1.82, 2.24) is 10.0 Å². The first-order valence-electron chi connectivity index (χ1n) is 8.79. The van der Waals surface area contributed by atoms with Gasteiger partial charge < -0.3 is 33.4 Å². The summed E-state index contributed by atoms with van der Waals surface area (Å²) in [5, 5.41) is 0.410. The normalized spacial score (nSPS) is 11.4. The summed E-state index contributed by atoms with van der Waals surface area (Å²) in [4.78, 5) is 14.2. The van der Waals surface area contributed by atoms with Gasteiger partial charge in [0.15, 0.2) is 0 Å². The van der Waals surface area contributed by atoms with Crippen molar-refractivity contribution < 1.29 is 37.7 Å². The number of carbonyl (C=O) groups is 1. The van der Waals surface area contributed by atoms with Gasteiger partial charge in [0.25, 0.3) is 5.91 Å². The van der Waals surface area contributed by atoms with E-state index in [1.165, 1.54) is 0 Å². The van der Waals surface area contributed by atoms with Crippen LogP contribution in [0, 0.1) is 0 Å². The number of amides is 1. The van der Waals surface area contributed by atoms with Gasteiger partial charge in [0.2, 0.25) is 0 Å². The minimum absolute atomic E-state index is 0. The first-order valence-corrected chi connectivity index (χ1v) is 8.79. The highest BCUT2D eigenvalue weighted by Crippen LogP contribution is 2.04. The zero-order chi connectivity index (χ0) is 17.0. The van der Waals surface area contributed by atoms with Crippen molar-refractivity contribution in [3.05, 3.63) is 0 Å². The van der Waals surface area contributed by atoms with Gasteiger partial charge in [-0.2, -0.15) is 5.12 Å². The minimum Gasteiger partial charge on any atom is -1.00 e. The van der Waals surface area contributed by atoms with E-state index < -0.39 is 0 Å². The van der Waals surface area contributed by atoms with Crippen LogP contribution in [0.25, 0.3) is 0 Å². The van der Waals surface area contributed by atoms with Gasteiger partial charge in [-0.1, -0.05) is 31.2 Å². The second-order valence-corrected chi connectivity index (χ2v) is 7.15. The van der Waals surface area contributed by atoms with Gasteiger partial charge in [0.1, 0.15) is 0 Å². The smallest absolute Gasteiger partial charge is 0.251 e. The Morgan fingerprint density at radius 2 is 1.43 bits per heavy atom. The molecule has 0 atom stereocenters. The average molecular weight is 445 g/mol. The first kappa shape index (κ1) is 25.3. The standard InChI is InChI=1S/C17H37FN3O.HI/c1-6-8-12-19(13-9-7-2)15-11-17(22)20(18)14-10-16-21(3,4)5;/h6-16H2,1-5H3;1H/q+1;/p-1. The summed E-state index contributed by atoms with van der Waals surface area (Å²) in [5.74, 6) is -0.376. The van der Waals surface area contributed by atoms with Crippen LogP contribution in [-0.4, -0.2) is 74.3 Å². The van der Waals surface area contributed by atoms with E-state index in [9.17, 15) is 9.28 Å². The zero-order valence-electron chi connectivity index (χ0n) is 15.8. The number of quaternary nitrogens is 1. The lowest BCUT2D eigenvalue weighted by Crippen LogP contribution is -3.00. The highest BCUT2D eigenvalue weighted by atomic mass is 127. The molecule has 0 heterocycles. The highest BCUT2D eigenvalue weighted by molar-refractivity contribution is 5.75. The van der Waals surface area contributed by atoms with Crippen molar-refractivity contribution in [3.8, 4) is 0 Å². The number of hydrogen-bond acceptors (Lipinski definition) is 2. The van der Waals surface area contributed by atoms with E-state index in [-0.39, 0.29) is 42.8 Å². The maximum absolute atomic E-state index is 13.8. The van der Waals surface area contributed by atoms with E-state index in [0.717, 1.165) is 49.8 Å². The summed E-state index contributed by atoms with van der Waals surface area (Å²) in [5.41, 5.74) is 0. The molecule has 0 N–H and O–H groups in total. The molecule has 0 aromatic rings. The fourth-order valence-electron chi connectivity index (χ4n) is 2.28. The Kier molecular flexibility index (Phi) is 15.8.